The highest BCUT2D eigenvalue weighted by molar-refractivity contribution is 6.08. The van der Waals surface area contributed by atoms with Crippen LogP contribution in [-0.2, 0) is 11.3 Å². The summed E-state index contributed by atoms with van der Waals surface area (Å²) < 4.78 is 10.4. The van der Waals surface area contributed by atoms with Gasteiger partial charge in [-0.25, -0.2) is 0 Å². The number of methoxy groups -OCH3 is 1. The first-order valence-corrected chi connectivity index (χ1v) is 6.02. The predicted molar refractivity (Wildman–Crippen MR) is 73.2 cm³/mol. The minimum absolute atomic E-state index is 0.161. The van der Waals surface area contributed by atoms with E-state index in [1.54, 1.807) is 25.3 Å². The molecule has 0 spiro atoms. The monoisotopic (exact) mass is 259 g/mol. The molecule has 2 N–H and O–H groups in total. The molecule has 1 aromatic carbocycles. The van der Waals surface area contributed by atoms with Crippen molar-refractivity contribution in [2.75, 3.05) is 12.8 Å². The van der Waals surface area contributed by atoms with Gasteiger partial charge in [0, 0.05) is 18.4 Å². The van der Waals surface area contributed by atoms with E-state index in [-0.39, 0.29) is 5.78 Å². The Morgan fingerprint density at radius 1 is 1.26 bits per heavy atom. The van der Waals surface area contributed by atoms with Gasteiger partial charge in [0.15, 0.2) is 5.76 Å². The Balaban J connectivity index is 2.35. The van der Waals surface area contributed by atoms with E-state index in [4.69, 9.17) is 14.9 Å². The van der Waals surface area contributed by atoms with Crippen LogP contribution in [0.4, 0.5) is 5.69 Å². The molecule has 0 unspecified atom stereocenters. The number of hydrogen-bond donors (Lipinski definition) is 1. The average molecular weight is 259 g/mol. The van der Waals surface area contributed by atoms with Crippen LogP contribution in [0.5, 0.6) is 0 Å². The van der Waals surface area contributed by atoms with Crippen molar-refractivity contribution in [1.29, 1.82) is 0 Å². The quantitative estimate of drug-likeness (QED) is 0.677. The van der Waals surface area contributed by atoms with Gasteiger partial charge in [-0.05, 0) is 43.2 Å². The van der Waals surface area contributed by atoms with Crippen molar-refractivity contribution < 1.29 is 13.9 Å². The molecule has 2 aromatic rings. The maximum absolute atomic E-state index is 12.4. The number of carbonyl (C=O) groups excluding carboxylic acids is 1. The van der Waals surface area contributed by atoms with Crippen LogP contribution in [0.3, 0.4) is 0 Å². The zero-order valence-corrected chi connectivity index (χ0v) is 11.3. The van der Waals surface area contributed by atoms with Gasteiger partial charge >= 0.3 is 0 Å². The number of ether oxygens (including phenoxy) is 1. The van der Waals surface area contributed by atoms with Crippen molar-refractivity contribution in [2.45, 2.75) is 20.5 Å². The lowest BCUT2D eigenvalue weighted by molar-refractivity contribution is 0.0999. The van der Waals surface area contributed by atoms with Crippen molar-refractivity contribution in [1.82, 2.24) is 0 Å². The van der Waals surface area contributed by atoms with Gasteiger partial charge in [-0.15, -0.1) is 0 Å². The van der Waals surface area contributed by atoms with Gasteiger partial charge in [-0.3, -0.25) is 4.79 Å². The topological polar surface area (TPSA) is 65.5 Å². The van der Waals surface area contributed by atoms with Crippen LogP contribution < -0.4 is 5.73 Å². The molecule has 0 radical (unpaired) electrons. The Kier molecular flexibility index (Phi) is 3.71. The fourth-order valence-electron chi connectivity index (χ4n) is 1.97. The zero-order chi connectivity index (χ0) is 14.0. The van der Waals surface area contributed by atoms with Gasteiger partial charge in [-0.1, -0.05) is 6.07 Å². The fourth-order valence-corrected chi connectivity index (χ4v) is 1.97. The second-order valence-corrected chi connectivity index (χ2v) is 4.55. The van der Waals surface area contributed by atoms with Crippen molar-refractivity contribution >= 4 is 11.5 Å². The third-order valence-corrected chi connectivity index (χ3v) is 3.03. The zero-order valence-electron chi connectivity index (χ0n) is 11.3. The lowest BCUT2D eigenvalue weighted by Gasteiger charge is -2.07. The van der Waals surface area contributed by atoms with Crippen LogP contribution in [-0.4, -0.2) is 12.9 Å². The highest BCUT2D eigenvalue weighted by Crippen LogP contribution is 2.22. The highest BCUT2D eigenvalue weighted by Gasteiger charge is 2.17. The van der Waals surface area contributed by atoms with E-state index in [2.05, 4.69) is 0 Å². The summed E-state index contributed by atoms with van der Waals surface area (Å²) in [6.45, 7) is 4.15. The van der Waals surface area contributed by atoms with E-state index in [0.29, 0.717) is 29.4 Å². The molecule has 0 saturated carbocycles. The Labute approximate surface area is 112 Å². The van der Waals surface area contributed by atoms with E-state index in [0.717, 1.165) is 11.1 Å². The standard InChI is InChI=1S/C15H17NO3/c1-9-6-10(2)13(16)7-12(9)15(17)14-5-4-11(19-14)8-18-3/h4-7H,8,16H2,1-3H3. The highest BCUT2D eigenvalue weighted by atomic mass is 16.5. The van der Waals surface area contributed by atoms with E-state index in [9.17, 15) is 4.79 Å². The molecule has 4 heteroatoms. The maximum Gasteiger partial charge on any atom is 0.228 e. The summed E-state index contributed by atoms with van der Waals surface area (Å²) in [6, 6.07) is 7.00. The summed E-state index contributed by atoms with van der Waals surface area (Å²) in [5.74, 6) is 0.772. The number of rotatable bonds is 4. The summed E-state index contributed by atoms with van der Waals surface area (Å²) in [5, 5.41) is 0. The molecular formula is C15H17NO3. The van der Waals surface area contributed by atoms with Gasteiger partial charge in [0.25, 0.3) is 0 Å². The van der Waals surface area contributed by atoms with Gasteiger partial charge in [0.05, 0.1) is 0 Å². The first-order chi connectivity index (χ1) is 9.02. The van der Waals surface area contributed by atoms with Crippen LogP contribution in [0.2, 0.25) is 0 Å². The van der Waals surface area contributed by atoms with Crippen molar-refractivity contribution in [3.8, 4) is 0 Å². The van der Waals surface area contributed by atoms with Crippen molar-refractivity contribution in [2.24, 2.45) is 0 Å². The van der Waals surface area contributed by atoms with E-state index in [1.165, 1.54) is 0 Å². The molecule has 0 fully saturated rings. The van der Waals surface area contributed by atoms with Crippen LogP contribution in [0.15, 0.2) is 28.7 Å². The van der Waals surface area contributed by atoms with Crippen LogP contribution in [0, 0.1) is 13.8 Å². The number of benzene rings is 1. The normalized spacial score (nSPS) is 10.7. The Hall–Kier alpha value is -2.07. The molecule has 0 aliphatic carbocycles. The van der Waals surface area contributed by atoms with Crippen LogP contribution in [0.1, 0.15) is 33.0 Å². The summed E-state index contributed by atoms with van der Waals surface area (Å²) >= 11 is 0. The number of nitrogens with two attached hydrogens (primary N) is 1. The lowest BCUT2D eigenvalue weighted by atomic mass is 9.99. The SMILES string of the molecule is COCc1ccc(C(=O)c2cc(N)c(C)cc2C)o1. The van der Waals surface area contributed by atoms with Crippen molar-refractivity contribution in [3.63, 3.8) is 0 Å². The van der Waals surface area contributed by atoms with Gasteiger partial charge in [0.2, 0.25) is 5.78 Å². The molecular weight excluding hydrogens is 242 g/mol. The Morgan fingerprint density at radius 2 is 2.00 bits per heavy atom. The number of furan rings is 1. The second-order valence-electron chi connectivity index (χ2n) is 4.55. The molecule has 0 bridgehead atoms. The first-order valence-electron chi connectivity index (χ1n) is 6.02. The number of anilines is 1. The molecule has 1 aromatic heterocycles. The summed E-state index contributed by atoms with van der Waals surface area (Å²) in [7, 11) is 1.58. The minimum Gasteiger partial charge on any atom is -0.455 e. The second kappa shape index (κ2) is 5.28. The lowest BCUT2D eigenvalue weighted by Crippen LogP contribution is -2.05. The Morgan fingerprint density at radius 3 is 2.68 bits per heavy atom. The van der Waals surface area contributed by atoms with Crippen LogP contribution >= 0.6 is 0 Å². The van der Waals surface area contributed by atoms with E-state index >= 15 is 0 Å². The molecule has 0 atom stereocenters. The first kappa shape index (κ1) is 13.4. The Bertz CT molecular complexity index is 614. The molecule has 0 aliphatic rings. The summed E-state index contributed by atoms with van der Waals surface area (Å²) in [4.78, 5) is 12.4. The molecule has 0 saturated heterocycles. The largest absolute Gasteiger partial charge is 0.455 e. The minimum atomic E-state index is -0.161. The van der Waals surface area contributed by atoms with Gasteiger partial charge < -0.3 is 14.9 Å². The number of hydrogen-bond acceptors (Lipinski definition) is 4. The molecule has 4 nitrogen and oxygen atoms in total. The summed E-state index contributed by atoms with van der Waals surface area (Å²) in [6.07, 6.45) is 0. The van der Waals surface area contributed by atoms with Crippen molar-refractivity contribution in [3.05, 3.63) is 52.5 Å². The number of carbonyl (C=O) groups is 1. The van der Waals surface area contributed by atoms with E-state index < -0.39 is 0 Å². The third-order valence-electron chi connectivity index (χ3n) is 3.03. The number of ketones is 1. The summed E-state index contributed by atoms with van der Waals surface area (Å²) in [5.41, 5.74) is 8.89. The average Bonchev–Trinajstić information content (AvgIpc) is 2.82. The molecule has 100 valence electrons. The smallest absolute Gasteiger partial charge is 0.228 e. The molecule has 1 heterocycles. The third kappa shape index (κ3) is 2.69. The molecule has 19 heavy (non-hydrogen) atoms. The van der Waals surface area contributed by atoms with Gasteiger partial charge in [0.1, 0.15) is 12.4 Å². The van der Waals surface area contributed by atoms with Crippen LogP contribution in [0.25, 0.3) is 0 Å². The fraction of sp³-hybridized carbons (Fsp3) is 0.267. The number of aryl methyl sites for hydroxylation is 2. The number of nitrogen functional groups attached to an aromatic ring is 1. The molecule has 2 rings (SSSR count). The molecule has 0 aliphatic heterocycles. The maximum atomic E-state index is 12.4. The van der Waals surface area contributed by atoms with E-state index in [1.807, 2.05) is 19.9 Å². The predicted octanol–water partition coefficient (Wildman–Crippen LogP) is 2.86. The van der Waals surface area contributed by atoms with Gasteiger partial charge in [-0.2, -0.15) is 0 Å². The molecule has 0 amide bonds.